The van der Waals surface area contributed by atoms with Gasteiger partial charge in [-0.05, 0) is 32.7 Å². The van der Waals surface area contributed by atoms with Crippen LogP contribution in [0.1, 0.15) is 11.1 Å². The quantitative estimate of drug-likeness (QED) is 0.145. The van der Waals surface area contributed by atoms with E-state index in [0.717, 1.165) is 9.52 Å². The molecule has 0 spiro atoms. The maximum atomic E-state index is 2.28. The predicted octanol–water partition coefficient (Wildman–Crippen LogP) is 6.17. The Hall–Kier alpha value is -3.27. The average molecular weight is 818 g/mol. The third-order valence-corrected chi connectivity index (χ3v) is 7.95. The Balaban J connectivity index is 0.000000218. The summed E-state index contributed by atoms with van der Waals surface area (Å²) in [6.07, 6.45) is 0. The first-order chi connectivity index (χ1) is 21.1. The van der Waals surface area contributed by atoms with Gasteiger partial charge in [0, 0.05) is 9.52 Å². The number of halogens is 2. The molecule has 0 atom stereocenters. The minimum absolute atomic E-state index is 0. The summed E-state index contributed by atoms with van der Waals surface area (Å²) in [5.74, 6) is 0. The maximum Gasteiger partial charge on any atom is 4.00 e. The smallest absolute Gasteiger partial charge is 1.00 e. The SMILES string of the molecule is C[Si]C.Cc1cc2c(-c3cccc4ccccc34)cccc2[cH-]1.Cc1cc2c(-c3cccc4ccccc34)cccc2[cH-]1.[Cl-].[Cl-].[Hf+4]. The van der Waals surface area contributed by atoms with E-state index in [0.29, 0.717) is 0 Å². The topological polar surface area (TPSA) is 0 Å². The molecule has 0 unspecified atom stereocenters. The molecule has 4 heteroatoms. The van der Waals surface area contributed by atoms with Crippen molar-refractivity contribution in [2.24, 2.45) is 0 Å². The fourth-order valence-electron chi connectivity index (χ4n) is 6.16. The van der Waals surface area contributed by atoms with Crippen LogP contribution in [0.3, 0.4) is 0 Å². The summed E-state index contributed by atoms with van der Waals surface area (Å²) in [5.41, 5.74) is 7.94. The Morgan fingerprint density at radius 1 is 0.413 bits per heavy atom. The molecule has 0 aliphatic heterocycles. The van der Waals surface area contributed by atoms with Gasteiger partial charge in [0.2, 0.25) is 0 Å². The summed E-state index contributed by atoms with van der Waals surface area (Å²) in [6, 6.07) is 52.5. The van der Waals surface area contributed by atoms with Crippen molar-refractivity contribution in [1.82, 2.24) is 0 Å². The van der Waals surface area contributed by atoms with Crippen molar-refractivity contribution < 1.29 is 50.7 Å². The van der Waals surface area contributed by atoms with Crippen LogP contribution in [0.5, 0.6) is 0 Å². The molecular formula is C42H36Cl2HfSi. The first-order valence-corrected chi connectivity index (χ1v) is 16.9. The van der Waals surface area contributed by atoms with E-state index < -0.39 is 0 Å². The molecule has 46 heavy (non-hydrogen) atoms. The van der Waals surface area contributed by atoms with Crippen molar-refractivity contribution in [1.29, 1.82) is 0 Å². The molecule has 0 nitrogen and oxygen atoms in total. The maximum absolute atomic E-state index is 2.28. The summed E-state index contributed by atoms with van der Waals surface area (Å²) in [4.78, 5) is 0. The van der Waals surface area contributed by atoms with Crippen LogP contribution in [0, 0.1) is 13.8 Å². The minimum Gasteiger partial charge on any atom is -1.00 e. The van der Waals surface area contributed by atoms with Gasteiger partial charge in [-0.25, -0.2) is 0 Å². The first kappa shape index (κ1) is 37.2. The third kappa shape index (κ3) is 7.81. The Morgan fingerprint density at radius 3 is 1.11 bits per heavy atom. The first-order valence-electron chi connectivity index (χ1n) is 14.9. The van der Waals surface area contributed by atoms with Crippen molar-refractivity contribution >= 4 is 52.6 Å². The third-order valence-electron chi connectivity index (χ3n) is 7.95. The zero-order valence-electron chi connectivity index (χ0n) is 26.6. The Morgan fingerprint density at radius 2 is 0.717 bits per heavy atom. The fourth-order valence-corrected chi connectivity index (χ4v) is 6.16. The van der Waals surface area contributed by atoms with Crippen molar-refractivity contribution in [3.8, 4) is 22.3 Å². The van der Waals surface area contributed by atoms with Gasteiger partial charge < -0.3 is 24.8 Å². The standard InChI is InChI=1S/2C20H15.C2H6Si.2ClH.Hf/c2*1-14-12-16-8-5-11-19(20(16)13-14)18-10-4-7-15-6-2-3-9-17(15)18;1-3-2;;;/h2*2-13H,1H3;1-2H3;2*1H;/q2*-1;;;;+4/p-2. The van der Waals surface area contributed by atoms with E-state index in [-0.39, 0.29) is 50.7 Å². The molecule has 8 aromatic carbocycles. The molecule has 0 aliphatic rings. The van der Waals surface area contributed by atoms with Crippen LogP contribution in [0.25, 0.3) is 65.3 Å². The second-order valence-corrected chi connectivity index (χ2v) is 12.2. The van der Waals surface area contributed by atoms with E-state index >= 15 is 0 Å². The number of aryl methyl sites for hydroxylation is 2. The van der Waals surface area contributed by atoms with Crippen LogP contribution in [-0.2, 0) is 25.8 Å². The van der Waals surface area contributed by atoms with Crippen molar-refractivity contribution in [3.63, 3.8) is 0 Å². The summed E-state index contributed by atoms with van der Waals surface area (Å²) in [7, 11) is 1.08. The summed E-state index contributed by atoms with van der Waals surface area (Å²) < 4.78 is 0. The molecule has 0 aliphatic carbocycles. The number of rotatable bonds is 2. The molecule has 8 aromatic rings. The van der Waals surface area contributed by atoms with Gasteiger partial charge in [-0.2, -0.15) is 12.1 Å². The summed E-state index contributed by atoms with van der Waals surface area (Å²) in [6.45, 7) is 8.62. The van der Waals surface area contributed by atoms with Crippen LogP contribution in [0.2, 0.25) is 13.1 Å². The zero-order chi connectivity index (χ0) is 29.8. The largest absolute Gasteiger partial charge is 4.00 e. The normalized spacial score (nSPS) is 10.2. The Labute approximate surface area is 307 Å². The van der Waals surface area contributed by atoms with Gasteiger partial charge in [0.1, 0.15) is 0 Å². The Kier molecular flexibility index (Phi) is 13.8. The number of hydrogen-bond donors (Lipinski definition) is 0. The van der Waals surface area contributed by atoms with Crippen LogP contribution in [-0.4, -0.2) is 9.52 Å². The van der Waals surface area contributed by atoms with Gasteiger partial charge in [-0.3, -0.25) is 0 Å². The molecule has 0 saturated heterocycles. The zero-order valence-corrected chi connectivity index (χ0v) is 32.7. The van der Waals surface area contributed by atoms with E-state index in [4.69, 9.17) is 0 Å². The molecule has 2 radical (unpaired) electrons. The van der Waals surface area contributed by atoms with E-state index in [1.165, 1.54) is 76.5 Å². The van der Waals surface area contributed by atoms with E-state index in [1.807, 2.05) is 0 Å². The van der Waals surface area contributed by atoms with Crippen LogP contribution >= 0.6 is 0 Å². The molecule has 0 saturated carbocycles. The fraction of sp³-hybridized carbons (Fsp3) is 0.0952. The predicted molar refractivity (Wildman–Crippen MR) is 192 cm³/mol. The summed E-state index contributed by atoms with van der Waals surface area (Å²) in [5, 5.41) is 10.6. The molecule has 226 valence electrons. The number of hydrogen-bond acceptors (Lipinski definition) is 0. The van der Waals surface area contributed by atoms with Gasteiger partial charge in [0.15, 0.2) is 0 Å². The van der Waals surface area contributed by atoms with Crippen LogP contribution in [0.4, 0.5) is 0 Å². The molecule has 8 rings (SSSR count). The molecule has 0 fully saturated rings. The van der Waals surface area contributed by atoms with E-state index in [9.17, 15) is 0 Å². The Bertz CT molecular complexity index is 2010. The van der Waals surface area contributed by atoms with Crippen LogP contribution in [0.15, 0.2) is 146 Å². The van der Waals surface area contributed by atoms with Gasteiger partial charge in [-0.15, -0.1) is 69.1 Å². The molecule has 0 aromatic heterocycles. The number of benzene rings is 6. The second kappa shape index (κ2) is 17.0. The number of fused-ring (bicyclic) bond motifs is 4. The monoisotopic (exact) mass is 818 g/mol. The second-order valence-electron chi connectivity index (χ2n) is 11.2. The van der Waals surface area contributed by atoms with Crippen molar-refractivity contribution in [2.45, 2.75) is 26.9 Å². The van der Waals surface area contributed by atoms with Gasteiger partial charge >= 0.3 is 25.8 Å². The molecular weight excluding hydrogens is 782 g/mol. The van der Waals surface area contributed by atoms with E-state index in [2.05, 4.69) is 173 Å². The van der Waals surface area contributed by atoms with Gasteiger partial charge in [-0.1, -0.05) is 135 Å². The van der Waals surface area contributed by atoms with Crippen molar-refractivity contribution in [2.75, 3.05) is 0 Å². The van der Waals surface area contributed by atoms with E-state index in [1.54, 1.807) is 0 Å². The van der Waals surface area contributed by atoms with Gasteiger partial charge in [0.05, 0.1) is 0 Å². The molecule has 0 bridgehead atoms. The molecule has 0 N–H and O–H groups in total. The molecule has 0 amide bonds. The summed E-state index contributed by atoms with van der Waals surface area (Å²) >= 11 is 0. The van der Waals surface area contributed by atoms with Crippen molar-refractivity contribution in [3.05, 3.63) is 157 Å². The average Bonchev–Trinajstić information content (AvgIpc) is 3.62. The van der Waals surface area contributed by atoms with Crippen LogP contribution < -0.4 is 24.8 Å². The minimum atomic E-state index is 0. The van der Waals surface area contributed by atoms with Gasteiger partial charge in [0.25, 0.3) is 0 Å². The molecule has 0 heterocycles.